The van der Waals surface area contributed by atoms with Gasteiger partial charge in [0, 0.05) is 5.75 Å². The van der Waals surface area contributed by atoms with Gasteiger partial charge in [0.25, 0.3) is 5.91 Å². The van der Waals surface area contributed by atoms with Crippen molar-refractivity contribution in [1.29, 1.82) is 0 Å². The van der Waals surface area contributed by atoms with E-state index in [1.54, 1.807) is 13.8 Å². The maximum absolute atomic E-state index is 12.2. The number of aryl methyl sites for hydroxylation is 2. The molecule has 0 bridgehead atoms. The molecule has 1 amide bonds. The Hall–Kier alpha value is -1.50. The van der Waals surface area contributed by atoms with E-state index in [0.29, 0.717) is 28.6 Å². The van der Waals surface area contributed by atoms with Gasteiger partial charge in [-0.25, -0.2) is 4.79 Å². The van der Waals surface area contributed by atoms with Crippen molar-refractivity contribution in [2.45, 2.75) is 19.9 Å². The zero-order valence-electron chi connectivity index (χ0n) is 9.47. The van der Waals surface area contributed by atoms with Crippen LogP contribution in [0.2, 0.25) is 0 Å². The first-order valence-corrected chi connectivity index (χ1v) is 6.22. The molecule has 0 saturated carbocycles. The highest BCUT2D eigenvalue weighted by Crippen LogP contribution is 2.25. The number of amides is 1. The van der Waals surface area contributed by atoms with Crippen LogP contribution in [0, 0.1) is 13.8 Å². The third kappa shape index (κ3) is 2.02. The van der Waals surface area contributed by atoms with Gasteiger partial charge in [-0.05, 0) is 13.8 Å². The molecule has 1 aliphatic heterocycles. The van der Waals surface area contributed by atoms with Gasteiger partial charge in [-0.3, -0.25) is 4.79 Å². The van der Waals surface area contributed by atoms with E-state index in [9.17, 15) is 9.59 Å². The summed E-state index contributed by atoms with van der Waals surface area (Å²) in [5, 5.41) is 12.7. The molecule has 1 unspecified atom stereocenters. The lowest BCUT2D eigenvalue weighted by Crippen LogP contribution is -2.42. The summed E-state index contributed by atoms with van der Waals surface area (Å²) in [6.07, 6.45) is 0. The van der Waals surface area contributed by atoms with Gasteiger partial charge in [0.1, 0.15) is 17.4 Å². The highest BCUT2D eigenvalue weighted by atomic mass is 32.2. The molecule has 0 aromatic carbocycles. The molecule has 2 rings (SSSR count). The summed E-state index contributed by atoms with van der Waals surface area (Å²) in [6, 6.07) is -0.763. The van der Waals surface area contributed by atoms with Crippen molar-refractivity contribution in [1.82, 2.24) is 10.1 Å². The van der Waals surface area contributed by atoms with Gasteiger partial charge in [-0.15, -0.1) is 11.8 Å². The van der Waals surface area contributed by atoms with Crippen LogP contribution in [-0.2, 0) is 4.79 Å². The Labute approximate surface area is 102 Å². The summed E-state index contributed by atoms with van der Waals surface area (Å²) < 4.78 is 4.92. The van der Waals surface area contributed by atoms with Crippen molar-refractivity contribution in [3.63, 3.8) is 0 Å². The molecule has 0 aliphatic carbocycles. The van der Waals surface area contributed by atoms with E-state index in [2.05, 4.69) is 5.16 Å². The molecule has 1 fully saturated rings. The second-order valence-electron chi connectivity index (χ2n) is 3.83. The minimum atomic E-state index is -0.977. The average Bonchev–Trinajstić information content (AvgIpc) is 2.85. The predicted octanol–water partition coefficient (Wildman–Crippen LogP) is 0.891. The minimum Gasteiger partial charge on any atom is -0.480 e. The molecule has 1 aromatic heterocycles. The Morgan fingerprint density at radius 3 is 2.76 bits per heavy atom. The van der Waals surface area contributed by atoms with E-state index >= 15 is 0 Å². The lowest BCUT2D eigenvalue weighted by Gasteiger charge is -2.20. The number of hydrogen-bond acceptors (Lipinski definition) is 5. The fourth-order valence-electron chi connectivity index (χ4n) is 1.78. The van der Waals surface area contributed by atoms with E-state index in [-0.39, 0.29) is 5.91 Å². The van der Waals surface area contributed by atoms with Crippen molar-refractivity contribution in [2.24, 2.45) is 0 Å². The van der Waals surface area contributed by atoms with Crippen LogP contribution >= 0.6 is 11.8 Å². The fraction of sp³-hybridized carbons (Fsp3) is 0.500. The number of thioether (sulfide) groups is 1. The lowest BCUT2D eigenvalue weighted by atomic mass is 10.1. The van der Waals surface area contributed by atoms with Crippen molar-refractivity contribution >= 4 is 23.6 Å². The van der Waals surface area contributed by atoms with E-state index < -0.39 is 12.0 Å². The molecule has 1 saturated heterocycles. The second kappa shape index (κ2) is 4.40. The Morgan fingerprint density at radius 2 is 2.24 bits per heavy atom. The second-order valence-corrected chi connectivity index (χ2v) is 4.83. The third-order valence-corrected chi connectivity index (χ3v) is 3.69. The number of rotatable bonds is 2. The smallest absolute Gasteiger partial charge is 0.327 e. The van der Waals surface area contributed by atoms with Crippen LogP contribution in [-0.4, -0.2) is 44.7 Å². The Morgan fingerprint density at radius 1 is 1.53 bits per heavy atom. The molecule has 0 radical (unpaired) electrons. The summed E-state index contributed by atoms with van der Waals surface area (Å²) in [5.74, 6) is -0.0630. The number of carbonyl (C=O) groups excluding carboxylic acids is 1. The van der Waals surface area contributed by atoms with Crippen LogP contribution in [0.4, 0.5) is 0 Å². The van der Waals surface area contributed by atoms with Crippen LogP contribution in [0.3, 0.4) is 0 Å². The van der Waals surface area contributed by atoms with Crippen molar-refractivity contribution in [2.75, 3.05) is 11.6 Å². The molecular weight excluding hydrogens is 244 g/mol. The Bertz CT molecular complexity index is 451. The average molecular weight is 256 g/mol. The van der Waals surface area contributed by atoms with Crippen LogP contribution < -0.4 is 0 Å². The first-order valence-electron chi connectivity index (χ1n) is 5.06. The Balaban J connectivity index is 2.29. The van der Waals surface area contributed by atoms with Gasteiger partial charge in [-0.1, -0.05) is 5.16 Å². The van der Waals surface area contributed by atoms with Crippen molar-refractivity contribution in [3.05, 3.63) is 17.0 Å². The summed E-state index contributed by atoms with van der Waals surface area (Å²) in [6.45, 7) is 3.31. The summed E-state index contributed by atoms with van der Waals surface area (Å²) in [5.41, 5.74) is 0.868. The van der Waals surface area contributed by atoms with E-state index in [1.807, 2.05) is 0 Å². The van der Waals surface area contributed by atoms with Crippen LogP contribution in [0.15, 0.2) is 4.52 Å². The summed E-state index contributed by atoms with van der Waals surface area (Å²) in [7, 11) is 0. The van der Waals surface area contributed by atoms with Gasteiger partial charge in [0.05, 0.1) is 11.6 Å². The molecule has 17 heavy (non-hydrogen) atoms. The number of aromatic nitrogens is 1. The van der Waals surface area contributed by atoms with Gasteiger partial charge in [0.15, 0.2) is 0 Å². The van der Waals surface area contributed by atoms with Gasteiger partial charge < -0.3 is 14.5 Å². The van der Waals surface area contributed by atoms with E-state index in [1.165, 1.54) is 16.7 Å². The van der Waals surface area contributed by atoms with E-state index in [4.69, 9.17) is 9.63 Å². The number of carboxylic acids is 1. The molecule has 1 aliphatic rings. The van der Waals surface area contributed by atoms with Crippen LogP contribution in [0.25, 0.3) is 0 Å². The van der Waals surface area contributed by atoms with Crippen molar-refractivity contribution < 1.29 is 19.2 Å². The topological polar surface area (TPSA) is 83.6 Å². The number of nitrogens with zero attached hydrogens (tertiary/aromatic N) is 2. The number of aliphatic carboxylic acids is 1. The SMILES string of the molecule is Cc1noc(C)c1C(=O)N1CSCC1C(=O)O. The predicted molar refractivity (Wildman–Crippen MR) is 60.9 cm³/mol. The molecule has 1 aromatic rings. The van der Waals surface area contributed by atoms with Crippen LogP contribution in [0.5, 0.6) is 0 Å². The highest BCUT2D eigenvalue weighted by molar-refractivity contribution is 7.99. The van der Waals surface area contributed by atoms with E-state index in [0.717, 1.165) is 0 Å². The zero-order valence-corrected chi connectivity index (χ0v) is 10.3. The first-order chi connectivity index (χ1) is 8.02. The standard InChI is InChI=1S/C10H12N2O4S/c1-5-8(6(2)16-11-5)9(13)12-4-17-3-7(12)10(14)15/h7H,3-4H2,1-2H3,(H,14,15). The summed E-state index contributed by atoms with van der Waals surface area (Å²) >= 11 is 1.43. The zero-order chi connectivity index (χ0) is 12.6. The number of hydrogen-bond donors (Lipinski definition) is 1. The largest absolute Gasteiger partial charge is 0.480 e. The molecule has 0 spiro atoms. The number of carboxylic acid groups (broad SMARTS) is 1. The lowest BCUT2D eigenvalue weighted by molar-refractivity contribution is -0.140. The molecular formula is C10H12N2O4S. The van der Waals surface area contributed by atoms with Crippen LogP contribution in [0.1, 0.15) is 21.8 Å². The molecule has 2 heterocycles. The monoisotopic (exact) mass is 256 g/mol. The normalized spacial score (nSPS) is 19.6. The first kappa shape index (κ1) is 12.0. The molecule has 1 atom stereocenters. The van der Waals surface area contributed by atoms with Gasteiger partial charge >= 0.3 is 5.97 Å². The Kier molecular flexibility index (Phi) is 3.10. The maximum atomic E-state index is 12.2. The quantitative estimate of drug-likeness (QED) is 0.846. The number of carbonyl (C=O) groups is 2. The third-order valence-electron chi connectivity index (χ3n) is 2.68. The molecule has 7 heteroatoms. The molecule has 1 N–H and O–H groups in total. The summed E-state index contributed by atoms with van der Waals surface area (Å²) in [4.78, 5) is 24.6. The minimum absolute atomic E-state index is 0.321. The van der Waals surface area contributed by atoms with Gasteiger partial charge in [-0.2, -0.15) is 0 Å². The molecule has 92 valence electrons. The highest BCUT2D eigenvalue weighted by Gasteiger charge is 2.36. The molecule has 6 nitrogen and oxygen atoms in total. The van der Waals surface area contributed by atoms with Gasteiger partial charge in [0.2, 0.25) is 0 Å². The maximum Gasteiger partial charge on any atom is 0.327 e. The van der Waals surface area contributed by atoms with Crippen molar-refractivity contribution in [3.8, 4) is 0 Å². The fourth-order valence-corrected chi connectivity index (χ4v) is 2.92.